The molecule has 2 aliphatic rings. The van der Waals surface area contributed by atoms with Crippen molar-refractivity contribution in [1.82, 2.24) is 10.2 Å². The highest BCUT2D eigenvalue weighted by molar-refractivity contribution is 5.77. The molecule has 0 aliphatic carbocycles. The van der Waals surface area contributed by atoms with Crippen molar-refractivity contribution in [3.05, 3.63) is 59.2 Å². The molecule has 0 radical (unpaired) electrons. The molecular weight excluding hydrogens is 390 g/mol. The maximum absolute atomic E-state index is 12.5. The number of anilines is 1. The van der Waals surface area contributed by atoms with E-state index >= 15 is 0 Å². The highest BCUT2D eigenvalue weighted by atomic mass is 16.5. The van der Waals surface area contributed by atoms with E-state index < -0.39 is 0 Å². The minimum atomic E-state index is -0.0980. The van der Waals surface area contributed by atoms with Gasteiger partial charge in [-0.2, -0.15) is 0 Å². The van der Waals surface area contributed by atoms with Crippen LogP contribution in [0.5, 0.6) is 5.75 Å². The van der Waals surface area contributed by atoms with Crippen LogP contribution < -0.4 is 15.0 Å². The molecule has 31 heavy (non-hydrogen) atoms. The van der Waals surface area contributed by atoms with Crippen LogP contribution in [0.3, 0.4) is 0 Å². The van der Waals surface area contributed by atoms with Crippen molar-refractivity contribution in [2.24, 2.45) is 0 Å². The summed E-state index contributed by atoms with van der Waals surface area (Å²) in [5.41, 5.74) is 5.02. The van der Waals surface area contributed by atoms with E-state index in [4.69, 9.17) is 9.47 Å². The lowest BCUT2D eigenvalue weighted by atomic mass is 9.95. The summed E-state index contributed by atoms with van der Waals surface area (Å²) in [5, 5.41) is 3.10. The highest BCUT2D eigenvalue weighted by Crippen LogP contribution is 2.31. The number of benzene rings is 2. The fourth-order valence-corrected chi connectivity index (χ4v) is 4.48. The number of amides is 1. The van der Waals surface area contributed by atoms with Crippen LogP contribution in [0.1, 0.15) is 29.2 Å². The quantitative estimate of drug-likeness (QED) is 0.742. The van der Waals surface area contributed by atoms with Crippen LogP contribution in [0.4, 0.5) is 5.69 Å². The van der Waals surface area contributed by atoms with Gasteiger partial charge in [0.1, 0.15) is 5.75 Å². The topological polar surface area (TPSA) is 54.0 Å². The molecule has 2 aliphatic heterocycles. The summed E-state index contributed by atoms with van der Waals surface area (Å²) < 4.78 is 11.3. The van der Waals surface area contributed by atoms with Gasteiger partial charge in [-0.15, -0.1) is 0 Å². The summed E-state index contributed by atoms with van der Waals surface area (Å²) in [7, 11) is 2.16. The Kier molecular flexibility index (Phi) is 7.10. The number of nitrogens with one attached hydrogen (secondary N) is 1. The summed E-state index contributed by atoms with van der Waals surface area (Å²) in [6.45, 7) is 6.88. The van der Waals surface area contributed by atoms with Gasteiger partial charge in [-0.3, -0.25) is 9.69 Å². The van der Waals surface area contributed by atoms with Gasteiger partial charge in [0.15, 0.2) is 6.61 Å². The normalized spacial score (nSPS) is 17.7. The summed E-state index contributed by atoms with van der Waals surface area (Å²) in [5.74, 6) is 0.653. The van der Waals surface area contributed by atoms with Crippen molar-refractivity contribution in [2.75, 3.05) is 57.9 Å². The molecule has 0 aromatic heterocycles. The number of hydrogen-bond donors (Lipinski definition) is 1. The molecule has 2 aromatic carbocycles. The van der Waals surface area contributed by atoms with Crippen molar-refractivity contribution in [3.63, 3.8) is 0 Å². The van der Waals surface area contributed by atoms with Crippen LogP contribution in [-0.4, -0.2) is 63.9 Å². The molecule has 1 atom stereocenters. The number of aryl methyl sites for hydroxylation is 2. The fraction of sp³-hybridized carbons (Fsp3) is 0.480. The summed E-state index contributed by atoms with van der Waals surface area (Å²) in [4.78, 5) is 17.3. The predicted molar refractivity (Wildman–Crippen MR) is 123 cm³/mol. The Morgan fingerprint density at radius 1 is 1.16 bits per heavy atom. The van der Waals surface area contributed by atoms with E-state index in [2.05, 4.69) is 40.4 Å². The number of fused-ring (bicyclic) bond motifs is 1. The van der Waals surface area contributed by atoms with Crippen LogP contribution in [0, 0.1) is 6.92 Å². The Morgan fingerprint density at radius 2 is 1.97 bits per heavy atom. The van der Waals surface area contributed by atoms with Gasteiger partial charge in [-0.25, -0.2) is 0 Å². The molecule has 0 saturated carbocycles. The Bertz CT molecular complexity index is 895. The Labute approximate surface area is 185 Å². The third-order valence-corrected chi connectivity index (χ3v) is 6.27. The molecule has 2 heterocycles. The molecule has 166 valence electrons. The maximum Gasteiger partial charge on any atom is 0.258 e. The Morgan fingerprint density at radius 3 is 2.77 bits per heavy atom. The van der Waals surface area contributed by atoms with Crippen molar-refractivity contribution in [1.29, 1.82) is 0 Å². The van der Waals surface area contributed by atoms with Crippen LogP contribution >= 0.6 is 0 Å². The van der Waals surface area contributed by atoms with E-state index in [1.165, 1.54) is 23.2 Å². The number of morpholine rings is 1. The average Bonchev–Trinajstić information content (AvgIpc) is 2.79. The van der Waals surface area contributed by atoms with Gasteiger partial charge in [0.05, 0.1) is 19.3 Å². The molecule has 1 fully saturated rings. The zero-order valence-corrected chi connectivity index (χ0v) is 18.6. The number of nitrogens with zero attached hydrogens (tertiary/aromatic N) is 2. The summed E-state index contributed by atoms with van der Waals surface area (Å²) >= 11 is 0. The largest absolute Gasteiger partial charge is 0.484 e. The molecule has 1 N–H and O–H groups in total. The van der Waals surface area contributed by atoms with Crippen molar-refractivity contribution < 1.29 is 14.3 Å². The van der Waals surface area contributed by atoms with Crippen molar-refractivity contribution >= 4 is 11.6 Å². The van der Waals surface area contributed by atoms with Gasteiger partial charge in [0.2, 0.25) is 0 Å². The molecule has 1 saturated heterocycles. The monoisotopic (exact) mass is 423 g/mol. The first-order valence-corrected chi connectivity index (χ1v) is 11.2. The maximum atomic E-state index is 12.5. The van der Waals surface area contributed by atoms with E-state index in [1.807, 2.05) is 31.2 Å². The second-order valence-electron chi connectivity index (χ2n) is 8.44. The fourth-order valence-electron chi connectivity index (χ4n) is 4.48. The first-order valence-electron chi connectivity index (χ1n) is 11.2. The van der Waals surface area contributed by atoms with Crippen LogP contribution in [0.2, 0.25) is 0 Å². The number of ether oxygens (including phenoxy) is 2. The molecule has 6 nitrogen and oxygen atoms in total. The van der Waals surface area contributed by atoms with E-state index in [0.29, 0.717) is 6.54 Å². The average molecular weight is 424 g/mol. The molecular formula is C25H33N3O3. The minimum Gasteiger partial charge on any atom is -0.484 e. The van der Waals surface area contributed by atoms with Crippen LogP contribution in [-0.2, 0) is 16.0 Å². The lowest BCUT2D eigenvalue weighted by Crippen LogP contribution is -2.44. The second-order valence-corrected chi connectivity index (χ2v) is 8.44. The van der Waals surface area contributed by atoms with E-state index in [9.17, 15) is 4.79 Å². The van der Waals surface area contributed by atoms with E-state index in [1.54, 1.807) is 0 Å². The predicted octanol–water partition coefficient (Wildman–Crippen LogP) is 2.95. The van der Waals surface area contributed by atoms with Crippen LogP contribution in [0.25, 0.3) is 0 Å². The Balaban J connectivity index is 1.43. The first-order chi connectivity index (χ1) is 15.1. The SMILES string of the molecule is Cc1ccccc1OCC(=O)NCC(c1ccc2c(c1)CCCN2C)N1CCOCC1. The van der Waals surface area contributed by atoms with Gasteiger partial charge in [0.25, 0.3) is 5.91 Å². The second kappa shape index (κ2) is 10.2. The smallest absolute Gasteiger partial charge is 0.258 e. The molecule has 1 amide bonds. The number of hydrogen-bond acceptors (Lipinski definition) is 5. The number of rotatable bonds is 7. The highest BCUT2D eigenvalue weighted by Gasteiger charge is 2.25. The molecule has 0 bridgehead atoms. The lowest BCUT2D eigenvalue weighted by molar-refractivity contribution is -0.123. The third kappa shape index (κ3) is 5.38. The molecule has 0 spiro atoms. The first kappa shape index (κ1) is 21.7. The number of carbonyl (C=O) groups excluding carboxylic acids is 1. The lowest BCUT2D eigenvalue weighted by Gasteiger charge is -2.36. The number of para-hydroxylation sites is 1. The zero-order chi connectivity index (χ0) is 21.6. The molecule has 2 aromatic rings. The van der Waals surface area contributed by atoms with E-state index in [0.717, 1.165) is 50.6 Å². The van der Waals surface area contributed by atoms with Gasteiger partial charge in [-0.1, -0.05) is 30.3 Å². The summed E-state index contributed by atoms with van der Waals surface area (Å²) in [6.07, 6.45) is 2.29. The van der Waals surface area contributed by atoms with Gasteiger partial charge >= 0.3 is 0 Å². The van der Waals surface area contributed by atoms with Gasteiger partial charge in [-0.05, 0) is 48.6 Å². The third-order valence-electron chi connectivity index (χ3n) is 6.27. The van der Waals surface area contributed by atoms with Gasteiger partial charge < -0.3 is 19.7 Å². The standard InChI is InChI=1S/C25H33N3O3/c1-19-6-3-4-8-24(19)31-18-25(29)26-17-23(28-12-14-30-15-13-28)21-9-10-22-20(16-21)7-5-11-27(22)2/h3-4,6,8-10,16,23H,5,7,11-15,17-18H2,1-2H3,(H,26,29). The van der Waals surface area contributed by atoms with Crippen molar-refractivity contribution in [2.45, 2.75) is 25.8 Å². The van der Waals surface area contributed by atoms with E-state index in [-0.39, 0.29) is 18.6 Å². The Hall–Kier alpha value is -2.57. The molecule has 4 rings (SSSR count). The summed E-state index contributed by atoms with van der Waals surface area (Å²) in [6, 6.07) is 14.7. The molecule has 6 heteroatoms. The molecule has 1 unspecified atom stereocenters. The van der Waals surface area contributed by atoms with Crippen molar-refractivity contribution in [3.8, 4) is 5.75 Å². The minimum absolute atomic E-state index is 0.0235. The van der Waals surface area contributed by atoms with Gasteiger partial charge in [0, 0.05) is 38.9 Å². The zero-order valence-electron chi connectivity index (χ0n) is 18.6. The number of carbonyl (C=O) groups is 1. The van der Waals surface area contributed by atoms with Crippen LogP contribution in [0.15, 0.2) is 42.5 Å².